The molecule has 18 heteroatoms. The molecule has 1 unspecified atom stereocenters. The number of ether oxygens (including phenoxy) is 1. The van der Waals surface area contributed by atoms with Crippen molar-refractivity contribution in [2.24, 2.45) is 0 Å². The summed E-state index contributed by atoms with van der Waals surface area (Å²) in [5.74, 6) is -56.6. The number of hydrogen-bond donors (Lipinski definition) is 0. The van der Waals surface area contributed by atoms with Crippen molar-refractivity contribution in [3.8, 4) is 0 Å². The third-order valence-electron chi connectivity index (χ3n) is 6.18. The second-order valence-corrected chi connectivity index (χ2v) is 9.06. The molecular formula is C22H21F17O. The molecule has 0 bridgehead atoms. The Kier molecular flexibility index (Phi) is 9.61. The summed E-state index contributed by atoms with van der Waals surface area (Å²) in [6.45, 7) is 2.37. The fourth-order valence-electron chi connectivity index (χ4n) is 3.43. The Hall–Kier alpha value is -2.01. The molecular weight excluding hydrogens is 603 g/mol. The number of aryl methyl sites for hydroxylation is 1. The van der Waals surface area contributed by atoms with Gasteiger partial charge < -0.3 is 4.74 Å². The predicted molar refractivity (Wildman–Crippen MR) is 105 cm³/mol. The Morgan fingerprint density at radius 1 is 0.575 bits per heavy atom. The summed E-state index contributed by atoms with van der Waals surface area (Å²) in [4.78, 5) is 0. The van der Waals surface area contributed by atoms with Crippen LogP contribution < -0.4 is 0 Å². The third kappa shape index (κ3) is 5.44. The van der Waals surface area contributed by atoms with Gasteiger partial charge in [-0.2, -0.15) is 74.6 Å². The highest BCUT2D eigenvalue weighted by atomic mass is 19.4. The second kappa shape index (κ2) is 10.7. The number of halogens is 17. The van der Waals surface area contributed by atoms with Crippen LogP contribution in [0.3, 0.4) is 0 Å². The standard InChI is InChI=1S/C22H21F17O/c1-4-5-6-12-7-9-13(10-8-12)14(2,40-3)11-15(23,24)16(25,26)17(27,28)18(29,30)19(31,32)20(33,34)21(35,36)22(37,38)39/h7-10H,4-6,11H2,1-3H3. The summed E-state index contributed by atoms with van der Waals surface area (Å²) in [7, 11) is 0.569. The molecule has 0 fully saturated rings. The minimum atomic E-state index is -8.65. The zero-order valence-corrected chi connectivity index (χ0v) is 20.5. The van der Waals surface area contributed by atoms with Crippen LogP contribution in [0.1, 0.15) is 44.2 Å². The van der Waals surface area contributed by atoms with Crippen molar-refractivity contribution < 1.29 is 79.4 Å². The Morgan fingerprint density at radius 3 is 1.30 bits per heavy atom. The first-order valence-electron chi connectivity index (χ1n) is 10.9. The Balaban J connectivity index is 3.58. The van der Waals surface area contributed by atoms with E-state index in [4.69, 9.17) is 0 Å². The molecule has 0 aromatic heterocycles. The number of alkyl halides is 17. The van der Waals surface area contributed by atoms with Crippen molar-refractivity contribution in [1.29, 1.82) is 0 Å². The lowest BCUT2D eigenvalue weighted by Crippen LogP contribution is -2.74. The van der Waals surface area contributed by atoms with Crippen molar-refractivity contribution in [2.75, 3.05) is 7.11 Å². The van der Waals surface area contributed by atoms with E-state index in [0.717, 1.165) is 18.6 Å². The van der Waals surface area contributed by atoms with Crippen LogP contribution in [-0.2, 0) is 16.8 Å². The van der Waals surface area contributed by atoms with Gasteiger partial charge in [0.05, 0.1) is 12.0 Å². The largest absolute Gasteiger partial charge is 0.460 e. The molecule has 0 N–H and O–H groups in total. The molecule has 1 aromatic carbocycles. The zero-order valence-electron chi connectivity index (χ0n) is 20.5. The van der Waals surface area contributed by atoms with E-state index >= 15 is 0 Å². The van der Waals surface area contributed by atoms with E-state index in [9.17, 15) is 74.6 Å². The van der Waals surface area contributed by atoms with Crippen molar-refractivity contribution >= 4 is 0 Å². The fourth-order valence-corrected chi connectivity index (χ4v) is 3.43. The first kappa shape index (κ1) is 36.0. The molecule has 40 heavy (non-hydrogen) atoms. The molecule has 234 valence electrons. The van der Waals surface area contributed by atoms with E-state index in [-0.39, 0.29) is 0 Å². The van der Waals surface area contributed by atoms with Crippen LogP contribution in [0.5, 0.6) is 0 Å². The maximum atomic E-state index is 14.5. The van der Waals surface area contributed by atoms with Crippen LogP contribution in [0.15, 0.2) is 24.3 Å². The fraction of sp³-hybridized carbons (Fsp3) is 0.727. The molecule has 0 saturated carbocycles. The van der Waals surface area contributed by atoms with E-state index < -0.39 is 65.2 Å². The summed E-state index contributed by atoms with van der Waals surface area (Å²) >= 11 is 0. The average molecular weight is 624 g/mol. The average Bonchev–Trinajstić information content (AvgIpc) is 2.81. The van der Waals surface area contributed by atoms with Gasteiger partial charge >= 0.3 is 47.6 Å². The summed E-state index contributed by atoms with van der Waals surface area (Å²) in [5, 5.41) is 0. The normalized spacial score (nSPS) is 16.7. The predicted octanol–water partition coefficient (Wildman–Crippen LogP) is 9.29. The lowest BCUT2D eigenvalue weighted by atomic mass is 9.83. The molecule has 0 amide bonds. The highest BCUT2D eigenvalue weighted by molar-refractivity contribution is 5.28. The first-order valence-corrected chi connectivity index (χ1v) is 10.9. The molecule has 0 aliphatic heterocycles. The Bertz CT molecular complexity index is 998. The van der Waals surface area contributed by atoms with Gasteiger partial charge in [0.25, 0.3) is 0 Å². The number of rotatable bonds is 13. The van der Waals surface area contributed by atoms with Crippen LogP contribution in [0.2, 0.25) is 0 Å². The van der Waals surface area contributed by atoms with Crippen LogP contribution in [0.25, 0.3) is 0 Å². The molecule has 1 atom stereocenters. The molecule has 1 rings (SSSR count). The van der Waals surface area contributed by atoms with Crippen molar-refractivity contribution in [3.05, 3.63) is 35.4 Å². The maximum Gasteiger partial charge on any atom is 0.460 e. The number of methoxy groups -OCH3 is 1. The van der Waals surface area contributed by atoms with Gasteiger partial charge in [-0.05, 0) is 30.9 Å². The quantitative estimate of drug-likeness (QED) is 0.199. The number of benzene rings is 1. The van der Waals surface area contributed by atoms with Gasteiger partial charge in [-0.1, -0.05) is 37.6 Å². The van der Waals surface area contributed by atoms with E-state index in [2.05, 4.69) is 4.74 Å². The van der Waals surface area contributed by atoms with Gasteiger partial charge in [0, 0.05) is 7.11 Å². The van der Waals surface area contributed by atoms with Gasteiger partial charge in [0.2, 0.25) is 0 Å². The molecule has 1 nitrogen and oxygen atoms in total. The summed E-state index contributed by atoms with van der Waals surface area (Å²) in [6.07, 6.45) is -8.68. The molecule has 0 spiro atoms. The highest BCUT2D eigenvalue weighted by Crippen LogP contribution is 2.64. The van der Waals surface area contributed by atoms with Crippen molar-refractivity contribution in [3.63, 3.8) is 0 Å². The smallest absolute Gasteiger partial charge is 0.374 e. The maximum absolute atomic E-state index is 14.5. The summed E-state index contributed by atoms with van der Waals surface area (Å²) in [6, 6.07) is 4.52. The van der Waals surface area contributed by atoms with Crippen LogP contribution in [-0.4, -0.2) is 54.7 Å². The lowest BCUT2D eigenvalue weighted by Gasteiger charge is -2.44. The van der Waals surface area contributed by atoms with E-state index in [1.807, 2.05) is 6.92 Å². The molecule has 0 saturated heterocycles. The Morgan fingerprint density at radius 2 is 0.950 bits per heavy atom. The molecule has 0 radical (unpaired) electrons. The first-order chi connectivity index (χ1) is 17.6. The highest BCUT2D eigenvalue weighted by Gasteiger charge is 2.95. The van der Waals surface area contributed by atoms with Gasteiger partial charge in [-0.3, -0.25) is 0 Å². The van der Waals surface area contributed by atoms with Gasteiger partial charge in [-0.15, -0.1) is 0 Å². The molecule has 1 aromatic rings. The summed E-state index contributed by atoms with van der Waals surface area (Å²) in [5.41, 5.74) is -2.65. The SMILES string of the molecule is CCCCc1ccc(C(C)(CC(F)(F)C(F)(F)C(F)(F)C(F)(F)C(F)(F)C(F)(F)C(F)(F)C(F)(F)F)OC)cc1. The minimum Gasteiger partial charge on any atom is -0.374 e. The Labute approximate surface area is 215 Å². The van der Waals surface area contributed by atoms with Crippen molar-refractivity contribution in [1.82, 2.24) is 0 Å². The topological polar surface area (TPSA) is 9.23 Å². The monoisotopic (exact) mass is 624 g/mol. The van der Waals surface area contributed by atoms with Crippen LogP contribution in [0.4, 0.5) is 74.6 Å². The van der Waals surface area contributed by atoms with Crippen LogP contribution in [0, 0.1) is 0 Å². The lowest BCUT2D eigenvalue weighted by molar-refractivity contribution is -0.462. The van der Waals surface area contributed by atoms with Gasteiger partial charge in [-0.25, -0.2) is 0 Å². The zero-order chi connectivity index (χ0) is 32.0. The van der Waals surface area contributed by atoms with Gasteiger partial charge in [0.15, 0.2) is 0 Å². The minimum absolute atomic E-state index is 0.447. The third-order valence-corrected chi connectivity index (χ3v) is 6.18. The van der Waals surface area contributed by atoms with Gasteiger partial charge in [0.1, 0.15) is 0 Å². The second-order valence-electron chi connectivity index (χ2n) is 9.06. The number of hydrogen-bond acceptors (Lipinski definition) is 1. The number of unbranched alkanes of at least 4 members (excludes halogenated alkanes) is 1. The molecule has 0 heterocycles. The summed E-state index contributed by atoms with van der Waals surface area (Å²) < 4.78 is 235. The van der Waals surface area contributed by atoms with Crippen LogP contribution >= 0.6 is 0 Å². The molecule has 0 aliphatic rings. The van der Waals surface area contributed by atoms with E-state index in [1.54, 1.807) is 0 Å². The van der Waals surface area contributed by atoms with Crippen molar-refractivity contribution in [2.45, 2.75) is 92.8 Å². The van der Waals surface area contributed by atoms with E-state index in [0.29, 0.717) is 32.4 Å². The molecule has 0 aliphatic carbocycles. The van der Waals surface area contributed by atoms with E-state index in [1.165, 1.54) is 12.1 Å².